The van der Waals surface area contributed by atoms with Crippen LogP contribution in [0.25, 0.3) is 0 Å². The number of nitrogens with zero attached hydrogens (tertiary/aromatic N) is 2. The van der Waals surface area contributed by atoms with Gasteiger partial charge in [-0.15, -0.1) is 0 Å². The minimum atomic E-state index is -4.43. The van der Waals surface area contributed by atoms with Crippen LogP contribution in [0.3, 0.4) is 0 Å². The Bertz CT molecular complexity index is 1630. The highest BCUT2D eigenvalue weighted by Gasteiger charge is 2.35. The Labute approximate surface area is 284 Å². The van der Waals surface area contributed by atoms with Gasteiger partial charge >= 0.3 is 0 Å². The normalized spacial score (nSPS) is 14.2. The largest absolute Gasteiger partial charge is 0.495 e. The number of benzene rings is 3. The van der Waals surface area contributed by atoms with E-state index in [1.807, 2.05) is 24.3 Å². The van der Waals surface area contributed by atoms with Crippen LogP contribution in [-0.2, 0) is 26.2 Å². The standard InChI is InChI=1S/C33H39BrClN3O7S/c1-22(33(40)36-26-8-6-5-7-9-26)37(20-23-10-12-24(34)13-11-23)32(39)21-38(28-18-25(35)14-16-29(28)43-2)46(41,42)27-15-17-30(44-3)31(19-27)45-4/h10-19,22,26H,5-9,20-21H2,1-4H3,(H,36,40)/t22-/m0/s1. The van der Waals surface area contributed by atoms with Gasteiger partial charge in [-0.3, -0.25) is 13.9 Å². The molecule has 0 aromatic heterocycles. The molecule has 1 saturated carbocycles. The van der Waals surface area contributed by atoms with Gasteiger partial charge in [0.15, 0.2) is 11.5 Å². The van der Waals surface area contributed by atoms with Gasteiger partial charge in [0.25, 0.3) is 10.0 Å². The van der Waals surface area contributed by atoms with E-state index >= 15 is 0 Å². The zero-order valence-corrected chi connectivity index (χ0v) is 29.5. The number of hydrogen-bond donors (Lipinski definition) is 1. The fourth-order valence-electron chi connectivity index (χ4n) is 5.41. The zero-order valence-electron chi connectivity index (χ0n) is 26.3. The molecule has 3 aromatic carbocycles. The van der Waals surface area contributed by atoms with Gasteiger partial charge in [-0.2, -0.15) is 0 Å². The molecule has 0 saturated heterocycles. The lowest BCUT2D eigenvalue weighted by atomic mass is 9.95. The maximum atomic E-state index is 14.4. The molecular formula is C33H39BrClN3O7S. The van der Waals surface area contributed by atoms with Crippen LogP contribution in [-0.4, -0.2) is 65.1 Å². The minimum absolute atomic E-state index is 0.0333. The number of hydrogen-bond acceptors (Lipinski definition) is 7. The number of nitrogens with one attached hydrogen (secondary N) is 1. The van der Waals surface area contributed by atoms with Crippen molar-refractivity contribution < 1.29 is 32.2 Å². The van der Waals surface area contributed by atoms with Gasteiger partial charge in [0.05, 0.1) is 31.9 Å². The highest BCUT2D eigenvalue weighted by Crippen LogP contribution is 2.37. The van der Waals surface area contributed by atoms with E-state index in [9.17, 15) is 18.0 Å². The Hall–Kier alpha value is -3.48. The summed E-state index contributed by atoms with van der Waals surface area (Å²) in [7, 11) is -0.194. The first-order chi connectivity index (χ1) is 22.0. The van der Waals surface area contributed by atoms with Crippen molar-refractivity contribution in [3.05, 3.63) is 75.7 Å². The molecule has 0 spiro atoms. The SMILES string of the molecule is COc1ccc(S(=O)(=O)N(CC(=O)N(Cc2ccc(Br)cc2)[C@@H](C)C(=O)NC2CCCCC2)c2cc(Cl)ccc2OC)cc1OC. The Kier molecular flexibility index (Phi) is 12.2. The highest BCUT2D eigenvalue weighted by molar-refractivity contribution is 9.10. The molecule has 10 nitrogen and oxygen atoms in total. The van der Waals surface area contributed by atoms with Gasteiger partial charge in [-0.05, 0) is 67.8 Å². The molecule has 0 unspecified atom stereocenters. The highest BCUT2D eigenvalue weighted by atomic mass is 79.9. The number of ether oxygens (including phenoxy) is 3. The molecule has 1 N–H and O–H groups in total. The van der Waals surface area contributed by atoms with Crippen molar-refractivity contribution in [2.45, 2.75) is 62.6 Å². The lowest BCUT2D eigenvalue weighted by molar-refractivity contribution is -0.139. The van der Waals surface area contributed by atoms with Gasteiger partial charge in [-0.1, -0.05) is 58.9 Å². The number of amides is 2. The molecule has 2 amide bonds. The smallest absolute Gasteiger partial charge is 0.265 e. The summed E-state index contributed by atoms with van der Waals surface area (Å²) >= 11 is 9.77. The van der Waals surface area contributed by atoms with E-state index in [2.05, 4.69) is 21.2 Å². The summed E-state index contributed by atoms with van der Waals surface area (Å²) in [6.45, 7) is 1.08. The van der Waals surface area contributed by atoms with E-state index in [4.69, 9.17) is 25.8 Å². The van der Waals surface area contributed by atoms with E-state index in [-0.39, 0.29) is 45.6 Å². The van der Waals surface area contributed by atoms with Crippen molar-refractivity contribution in [1.29, 1.82) is 0 Å². The second-order valence-electron chi connectivity index (χ2n) is 11.0. The zero-order chi connectivity index (χ0) is 33.4. The lowest BCUT2D eigenvalue weighted by Gasteiger charge is -2.33. The van der Waals surface area contributed by atoms with E-state index < -0.39 is 28.5 Å². The van der Waals surface area contributed by atoms with Crippen LogP contribution in [0.5, 0.6) is 17.2 Å². The number of halogens is 2. The summed E-state index contributed by atoms with van der Waals surface area (Å²) in [5.74, 6) is -0.184. The van der Waals surface area contributed by atoms with Crippen LogP contribution in [0.4, 0.5) is 5.69 Å². The van der Waals surface area contributed by atoms with Gasteiger partial charge < -0.3 is 24.4 Å². The van der Waals surface area contributed by atoms with Crippen molar-refractivity contribution in [2.75, 3.05) is 32.2 Å². The summed E-state index contributed by atoms with van der Waals surface area (Å²) < 4.78 is 46.7. The summed E-state index contributed by atoms with van der Waals surface area (Å²) in [5, 5.41) is 3.34. The average molecular weight is 737 g/mol. The molecular weight excluding hydrogens is 698 g/mol. The molecule has 0 bridgehead atoms. The van der Waals surface area contributed by atoms with E-state index in [1.54, 1.807) is 13.0 Å². The lowest BCUT2D eigenvalue weighted by Crippen LogP contribution is -2.53. The Balaban J connectivity index is 1.76. The van der Waals surface area contributed by atoms with Crippen LogP contribution in [0.1, 0.15) is 44.6 Å². The topological polar surface area (TPSA) is 114 Å². The van der Waals surface area contributed by atoms with Gasteiger partial charge in [0.1, 0.15) is 18.3 Å². The fourth-order valence-corrected chi connectivity index (χ4v) is 7.28. The molecule has 1 fully saturated rings. The first kappa shape index (κ1) is 35.4. The van der Waals surface area contributed by atoms with E-state index in [1.165, 1.54) is 56.6 Å². The number of anilines is 1. The van der Waals surface area contributed by atoms with Crippen LogP contribution in [0.15, 0.2) is 70.0 Å². The van der Waals surface area contributed by atoms with Crippen molar-refractivity contribution in [3.8, 4) is 17.2 Å². The third-order valence-corrected chi connectivity index (χ3v) is 10.5. The molecule has 248 valence electrons. The molecule has 1 atom stereocenters. The van der Waals surface area contributed by atoms with Gasteiger partial charge in [0.2, 0.25) is 11.8 Å². The van der Waals surface area contributed by atoms with Gasteiger partial charge in [-0.25, -0.2) is 8.42 Å². The second-order valence-corrected chi connectivity index (χ2v) is 14.2. The minimum Gasteiger partial charge on any atom is -0.495 e. The number of methoxy groups -OCH3 is 3. The summed E-state index contributed by atoms with van der Waals surface area (Å²) in [4.78, 5) is 29.1. The number of sulfonamides is 1. The number of rotatable bonds is 13. The predicted molar refractivity (Wildman–Crippen MR) is 181 cm³/mol. The van der Waals surface area contributed by atoms with E-state index in [0.717, 1.165) is 46.4 Å². The van der Waals surface area contributed by atoms with Crippen LogP contribution in [0.2, 0.25) is 5.02 Å². The van der Waals surface area contributed by atoms with Gasteiger partial charge in [0, 0.05) is 28.1 Å². The molecule has 0 radical (unpaired) electrons. The fraction of sp³-hybridized carbons (Fsp3) is 0.394. The molecule has 3 aromatic rings. The van der Waals surface area contributed by atoms with Crippen LogP contribution >= 0.6 is 27.5 Å². The molecule has 46 heavy (non-hydrogen) atoms. The van der Waals surface area contributed by atoms with E-state index in [0.29, 0.717) is 5.75 Å². The molecule has 1 aliphatic carbocycles. The third kappa shape index (κ3) is 8.45. The number of carbonyl (C=O) groups excluding carboxylic acids is 2. The Morgan fingerprint density at radius 2 is 1.54 bits per heavy atom. The molecule has 0 heterocycles. The Morgan fingerprint density at radius 1 is 0.913 bits per heavy atom. The summed E-state index contributed by atoms with van der Waals surface area (Å²) in [6, 6.07) is 15.2. The van der Waals surface area contributed by atoms with Crippen molar-refractivity contribution in [1.82, 2.24) is 10.2 Å². The summed E-state index contributed by atoms with van der Waals surface area (Å²) in [5.41, 5.74) is 0.824. The maximum absolute atomic E-state index is 14.4. The van der Waals surface area contributed by atoms with Crippen LogP contribution in [0, 0.1) is 0 Å². The van der Waals surface area contributed by atoms with Crippen molar-refractivity contribution >= 4 is 55.1 Å². The third-order valence-electron chi connectivity index (χ3n) is 8.02. The Morgan fingerprint density at radius 3 is 2.17 bits per heavy atom. The molecule has 13 heteroatoms. The molecule has 1 aliphatic rings. The van der Waals surface area contributed by atoms with Crippen LogP contribution < -0.4 is 23.8 Å². The number of carbonyl (C=O) groups is 2. The van der Waals surface area contributed by atoms with Crippen molar-refractivity contribution in [3.63, 3.8) is 0 Å². The molecule has 0 aliphatic heterocycles. The quantitative estimate of drug-likeness (QED) is 0.223. The first-order valence-electron chi connectivity index (χ1n) is 14.9. The predicted octanol–water partition coefficient (Wildman–Crippen LogP) is 6.19. The monoisotopic (exact) mass is 735 g/mol. The summed E-state index contributed by atoms with van der Waals surface area (Å²) in [6.07, 6.45) is 4.96. The maximum Gasteiger partial charge on any atom is 0.265 e. The average Bonchev–Trinajstić information content (AvgIpc) is 3.06. The van der Waals surface area contributed by atoms with Crippen molar-refractivity contribution in [2.24, 2.45) is 0 Å². The molecule has 4 rings (SSSR count). The second kappa shape index (κ2) is 15.9. The first-order valence-corrected chi connectivity index (χ1v) is 17.5.